The van der Waals surface area contributed by atoms with Gasteiger partial charge in [0.1, 0.15) is 0 Å². The average Bonchev–Trinajstić information content (AvgIpc) is 2.54. The molecule has 1 rings (SSSR count). The van der Waals surface area contributed by atoms with Crippen molar-refractivity contribution in [3.63, 3.8) is 0 Å². The predicted octanol–water partition coefficient (Wildman–Crippen LogP) is 3.54. The molecular weight excluding hydrogens is 348 g/mol. The van der Waals surface area contributed by atoms with E-state index in [0.29, 0.717) is 12.5 Å². The van der Waals surface area contributed by atoms with Crippen LogP contribution in [-0.2, 0) is 10.0 Å². The van der Waals surface area contributed by atoms with Crippen LogP contribution in [0.25, 0.3) is 0 Å². The molecule has 1 amide bonds. The first-order chi connectivity index (χ1) is 11.2. The molecule has 24 heavy (non-hydrogen) atoms. The first-order valence-corrected chi connectivity index (χ1v) is 10.1. The Morgan fingerprint density at radius 1 is 1.29 bits per heavy atom. The minimum atomic E-state index is -3.60. The van der Waals surface area contributed by atoms with E-state index in [4.69, 9.17) is 11.6 Å². The molecular formula is C17H27ClN2O3S. The number of hydrogen-bond donors (Lipinski definition) is 1. The van der Waals surface area contributed by atoms with Crippen molar-refractivity contribution in [2.75, 3.05) is 20.6 Å². The second kappa shape index (κ2) is 9.39. The van der Waals surface area contributed by atoms with Gasteiger partial charge in [-0.3, -0.25) is 4.79 Å². The standard InChI is InChI=1S/C17H27ClN2O3S/c1-5-7-8-13(6-2)12-19-17(21)15-11-14(9-10-16(15)18)24(22,23)20(3)4/h9-11,13H,5-8,12H2,1-4H3,(H,19,21)/t13-/m1/s1. The molecule has 0 aromatic heterocycles. The maximum Gasteiger partial charge on any atom is 0.252 e. The molecule has 0 saturated heterocycles. The van der Waals surface area contributed by atoms with E-state index in [9.17, 15) is 13.2 Å². The Balaban J connectivity index is 2.91. The van der Waals surface area contributed by atoms with Crippen molar-refractivity contribution < 1.29 is 13.2 Å². The SMILES string of the molecule is CCCC[C@@H](CC)CNC(=O)c1cc(S(=O)(=O)N(C)C)ccc1Cl. The summed E-state index contributed by atoms with van der Waals surface area (Å²) in [5.41, 5.74) is 0.185. The molecule has 0 aliphatic rings. The number of sulfonamides is 1. The van der Waals surface area contributed by atoms with Gasteiger partial charge in [-0.05, 0) is 30.5 Å². The number of halogens is 1. The zero-order valence-electron chi connectivity index (χ0n) is 14.8. The molecule has 1 aromatic carbocycles. The molecule has 5 nitrogen and oxygen atoms in total. The van der Waals surface area contributed by atoms with Crippen molar-refractivity contribution in [1.82, 2.24) is 9.62 Å². The van der Waals surface area contributed by atoms with Crippen molar-refractivity contribution in [1.29, 1.82) is 0 Å². The van der Waals surface area contributed by atoms with Crippen molar-refractivity contribution in [3.8, 4) is 0 Å². The van der Waals surface area contributed by atoms with Crippen LogP contribution >= 0.6 is 11.6 Å². The zero-order chi connectivity index (χ0) is 18.3. The molecule has 0 radical (unpaired) electrons. The molecule has 0 spiro atoms. The number of unbranched alkanes of at least 4 members (excludes halogenated alkanes) is 1. The first kappa shape index (κ1) is 20.9. The van der Waals surface area contributed by atoms with Crippen LogP contribution in [0.2, 0.25) is 5.02 Å². The molecule has 136 valence electrons. The molecule has 0 saturated carbocycles. The van der Waals surface area contributed by atoms with E-state index >= 15 is 0 Å². The quantitative estimate of drug-likeness (QED) is 0.718. The maximum absolute atomic E-state index is 12.4. The van der Waals surface area contributed by atoms with Gasteiger partial charge in [0.15, 0.2) is 0 Å². The van der Waals surface area contributed by atoms with Crippen molar-refractivity contribution in [2.24, 2.45) is 5.92 Å². The lowest BCUT2D eigenvalue weighted by Gasteiger charge is -2.16. The Labute approximate surface area is 150 Å². The van der Waals surface area contributed by atoms with Crippen molar-refractivity contribution in [2.45, 2.75) is 44.4 Å². The maximum atomic E-state index is 12.4. The summed E-state index contributed by atoms with van der Waals surface area (Å²) in [6, 6.07) is 4.19. The molecule has 0 aliphatic heterocycles. The number of amides is 1. The highest BCUT2D eigenvalue weighted by molar-refractivity contribution is 7.89. The fraction of sp³-hybridized carbons (Fsp3) is 0.588. The summed E-state index contributed by atoms with van der Waals surface area (Å²) in [6.07, 6.45) is 4.31. The molecule has 0 fully saturated rings. The fourth-order valence-electron chi connectivity index (χ4n) is 2.33. The van der Waals surface area contributed by atoms with Gasteiger partial charge in [-0.25, -0.2) is 12.7 Å². The summed E-state index contributed by atoms with van der Waals surface area (Å²) < 4.78 is 25.5. The third-order valence-corrected chi connectivity index (χ3v) is 6.20. The van der Waals surface area contributed by atoms with Gasteiger partial charge < -0.3 is 5.32 Å². The van der Waals surface area contributed by atoms with E-state index in [-0.39, 0.29) is 21.4 Å². The monoisotopic (exact) mass is 374 g/mol. The topological polar surface area (TPSA) is 66.5 Å². The van der Waals surface area contributed by atoms with Crippen LogP contribution in [0, 0.1) is 5.92 Å². The number of benzene rings is 1. The third kappa shape index (κ3) is 5.46. The number of rotatable bonds is 9. The lowest BCUT2D eigenvalue weighted by molar-refractivity contribution is 0.0945. The minimum Gasteiger partial charge on any atom is -0.352 e. The van der Waals surface area contributed by atoms with Gasteiger partial charge in [0.2, 0.25) is 10.0 Å². The van der Waals surface area contributed by atoms with Crippen LogP contribution < -0.4 is 5.32 Å². The predicted molar refractivity (Wildman–Crippen MR) is 98.0 cm³/mol. The highest BCUT2D eigenvalue weighted by atomic mass is 35.5. The van der Waals surface area contributed by atoms with Gasteiger partial charge in [0, 0.05) is 20.6 Å². The van der Waals surface area contributed by atoms with Gasteiger partial charge >= 0.3 is 0 Å². The van der Waals surface area contributed by atoms with Crippen LogP contribution in [0.3, 0.4) is 0 Å². The van der Waals surface area contributed by atoms with E-state index in [1.165, 1.54) is 32.3 Å². The van der Waals surface area contributed by atoms with Gasteiger partial charge in [0.25, 0.3) is 5.91 Å². The van der Waals surface area contributed by atoms with Crippen LogP contribution in [0.1, 0.15) is 49.9 Å². The highest BCUT2D eigenvalue weighted by Crippen LogP contribution is 2.22. The van der Waals surface area contributed by atoms with Gasteiger partial charge in [-0.1, -0.05) is 44.7 Å². The second-order valence-electron chi connectivity index (χ2n) is 6.06. The molecule has 0 bridgehead atoms. The van der Waals surface area contributed by atoms with Gasteiger partial charge in [0.05, 0.1) is 15.5 Å². The number of hydrogen-bond acceptors (Lipinski definition) is 3. The molecule has 7 heteroatoms. The van der Waals surface area contributed by atoms with Crippen LogP contribution in [0.5, 0.6) is 0 Å². The van der Waals surface area contributed by atoms with E-state index in [1.54, 1.807) is 0 Å². The molecule has 1 atom stereocenters. The Morgan fingerprint density at radius 2 is 1.96 bits per heavy atom. The lowest BCUT2D eigenvalue weighted by Crippen LogP contribution is -2.30. The Morgan fingerprint density at radius 3 is 2.50 bits per heavy atom. The molecule has 1 N–H and O–H groups in total. The molecule has 0 heterocycles. The summed E-state index contributed by atoms with van der Waals surface area (Å²) in [5.74, 6) is 0.0760. The fourth-order valence-corrected chi connectivity index (χ4v) is 3.46. The normalized spacial score (nSPS) is 13.1. The van der Waals surface area contributed by atoms with Crippen LogP contribution in [-0.4, -0.2) is 39.3 Å². The molecule has 1 aromatic rings. The molecule has 0 aliphatic carbocycles. The lowest BCUT2D eigenvalue weighted by atomic mass is 9.99. The minimum absolute atomic E-state index is 0.0556. The van der Waals surface area contributed by atoms with Crippen LogP contribution in [0.15, 0.2) is 23.1 Å². The first-order valence-electron chi connectivity index (χ1n) is 8.24. The summed E-state index contributed by atoms with van der Waals surface area (Å²) in [6.45, 7) is 4.81. The van der Waals surface area contributed by atoms with E-state index in [0.717, 1.165) is 30.0 Å². The van der Waals surface area contributed by atoms with Crippen molar-refractivity contribution >= 4 is 27.5 Å². The van der Waals surface area contributed by atoms with E-state index < -0.39 is 10.0 Å². The second-order valence-corrected chi connectivity index (χ2v) is 8.61. The Hall–Kier alpha value is -1.11. The number of carbonyl (C=O) groups is 1. The van der Waals surface area contributed by atoms with Crippen molar-refractivity contribution in [3.05, 3.63) is 28.8 Å². The van der Waals surface area contributed by atoms with E-state index in [1.807, 2.05) is 0 Å². The summed E-state index contributed by atoms with van der Waals surface area (Å²) in [7, 11) is -0.708. The highest BCUT2D eigenvalue weighted by Gasteiger charge is 2.21. The van der Waals surface area contributed by atoms with Gasteiger partial charge in [-0.2, -0.15) is 0 Å². The zero-order valence-corrected chi connectivity index (χ0v) is 16.4. The van der Waals surface area contributed by atoms with E-state index in [2.05, 4.69) is 19.2 Å². The summed E-state index contributed by atoms with van der Waals surface area (Å²) in [4.78, 5) is 12.5. The summed E-state index contributed by atoms with van der Waals surface area (Å²) in [5, 5.41) is 3.12. The average molecular weight is 375 g/mol. The number of nitrogens with one attached hydrogen (secondary N) is 1. The van der Waals surface area contributed by atoms with Crippen LogP contribution in [0.4, 0.5) is 0 Å². The molecule has 0 unspecified atom stereocenters. The Kier molecular flexibility index (Phi) is 8.19. The largest absolute Gasteiger partial charge is 0.352 e. The number of nitrogens with zero attached hydrogens (tertiary/aromatic N) is 1. The van der Waals surface area contributed by atoms with Gasteiger partial charge in [-0.15, -0.1) is 0 Å². The third-order valence-electron chi connectivity index (χ3n) is 4.06. The summed E-state index contributed by atoms with van der Waals surface area (Å²) >= 11 is 6.08. The Bertz CT molecular complexity index is 660. The smallest absolute Gasteiger partial charge is 0.252 e. The number of carbonyl (C=O) groups excluding carboxylic acids is 1.